The first-order valence-electron chi connectivity index (χ1n) is 9.03. The number of thioether (sulfide) groups is 1. The van der Waals surface area contributed by atoms with Crippen LogP contribution in [0.5, 0.6) is 0 Å². The second-order valence-electron chi connectivity index (χ2n) is 6.84. The topological polar surface area (TPSA) is 99.6 Å². The van der Waals surface area contributed by atoms with Crippen LogP contribution in [0.25, 0.3) is 16.6 Å². The number of hydrogen-bond donors (Lipinski definition) is 1. The van der Waals surface area contributed by atoms with Crippen molar-refractivity contribution in [1.29, 1.82) is 10.7 Å². The Morgan fingerprint density at radius 1 is 1.28 bits per heavy atom. The van der Waals surface area contributed by atoms with Crippen LogP contribution in [0, 0.1) is 36.5 Å². The van der Waals surface area contributed by atoms with E-state index < -0.39 is 5.92 Å². The molecule has 3 rings (SSSR count). The van der Waals surface area contributed by atoms with Crippen LogP contribution in [-0.4, -0.2) is 26.8 Å². The van der Waals surface area contributed by atoms with Crippen molar-refractivity contribution in [2.24, 2.45) is 5.92 Å². The molecule has 0 saturated heterocycles. The maximum Gasteiger partial charge on any atom is 0.266 e. The van der Waals surface area contributed by atoms with E-state index >= 15 is 0 Å². The number of aryl methyl sites for hydroxylation is 2. The first-order valence-corrected chi connectivity index (χ1v) is 10.0. The van der Waals surface area contributed by atoms with Crippen molar-refractivity contribution in [3.05, 3.63) is 63.9 Å². The highest BCUT2D eigenvalue weighted by molar-refractivity contribution is 7.99. The van der Waals surface area contributed by atoms with E-state index in [1.807, 2.05) is 38.1 Å². The third-order valence-corrected chi connectivity index (χ3v) is 5.54. The molecule has 0 aliphatic carbocycles. The van der Waals surface area contributed by atoms with E-state index in [0.717, 1.165) is 22.9 Å². The summed E-state index contributed by atoms with van der Waals surface area (Å²) in [7, 11) is 0. The number of rotatable bonds is 6. The van der Waals surface area contributed by atoms with Crippen molar-refractivity contribution >= 4 is 34.2 Å². The highest BCUT2D eigenvalue weighted by Gasteiger charge is 2.22. The molecule has 0 bridgehead atoms. The number of hydrogen-bond acceptors (Lipinski definition) is 6. The van der Waals surface area contributed by atoms with E-state index in [-0.39, 0.29) is 22.8 Å². The highest BCUT2D eigenvalue weighted by atomic mass is 32.2. The molecule has 2 aromatic carbocycles. The number of fused-ring (bicyclic) bond motifs is 1. The van der Waals surface area contributed by atoms with Crippen LogP contribution in [0.1, 0.15) is 18.1 Å². The summed E-state index contributed by atoms with van der Waals surface area (Å²) in [4.78, 5) is 30.3. The molecule has 0 amide bonds. The SMILES string of the molecule is CC(=N)[C@@H](C#N)C(=O)CSc1nc2ccccc2c(=O)n1-c1cc(C)ccc1C. The highest BCUT2D eigenvalue weighted by Crippen LogP contribution is 2.24. The number of nitriles is 1. The molecular weight excluding hydrogens is 384 g/mol. The quantitative estimate of drug-likeness (QED) is 0.382. The Hall–Kier alpha value is -3.24. The minimum atomic E-state index is -1.08. The van der Waals surface area contributed by atoms with Crippen molar-refractivity contribution in [2.45, 2.75) is 25.9 Å². The molecule has 29 heavy (non-hydrogen) atoms. The molecule has 0 radical (unpaired) electrons. The molecule has 0 spiro atoms. The number of benzene rings is 2. The molecule has 1 N–H and O–H groups in total. The summed E-state index contributed by atoms with van der Waals surface area (Å²) in [5.74, 6) is -1.51. The van der Waals surface area contributed by atoms with Crippen molar-refractivity contribution in [3.8, 4) is 11.8 Å². The van der Waals surface area contributed by atoms with E-state index in [9.17, 15) is 9.59 Å². The van der Waals surface area contributed by atoms with Crippen molar-refractivity contribution in [3.63, 3.8) is 0 Å². The number of aromatic nitrogens is 2. The average Bonchev–Trinajstić information content (AvgIpc) is 2.69. The van der Waals surface area contributed by atoms with Crippen LogP contribution in [-0.2, 0) is 4.79 Å². The Bertz CT molecular complexity index is 1220. The smallest absolute Gasteiger partial charge is 0.266 e. The molecule has 146 valence electrons. The van der Waals surface area contributed by atoms with Crippen molar-refractivity contribution in [1.82, 2.24) is 9.55 Å². The molecule has 0 fully saturated rings. The minimum absolute atomic E-state index is 0.0106. The predicted molar refractivity (Wildman–Crippen MR) is 115 cm³/mol. The number of nitrogens with zero attached hydrogens (tertiary/aromatic N) is 3. The molecule has 1 aromatic heterocycles. The zero-order valence-corrected chi connectivity index (χ0v) is 17.2. The van der Waals surface area contributed by atoms with Crippen molar-refractivity contribution in [2.75, 3.05) is 5.75 Å². The summed E-state index contributed by atoms with van der Waals surface area (Å²) in [6, 6.07) is 14.8. The molecule has 7 heteroatoms. The van der Waals surface area contributed by atoms with Gasteiger partial charge in [0.1, 0.15) is 5.92 Å². The van der Waals surface area contributed by atoms with Gasteiger partial charge in [0.05, 0.1) is 28.4 Å². The molecule has 1 heterocycles. The van der Waals surface area contributed by atoms with E-state index in [0.29, 0.717) is 21.7 Å². The van der Waals surface area contributed by atoms with Gasteiger partial charge in [-0.25, -0.2) is 4.98 Å². The fourth-order valence-electron chi connectivity index (χ4n) is 3.01. The summed E-state index contributed by atoms with van der Waals surface area (Å²) in [6.45, 7) is 5.31. The summed E-state index contributed by atoms with van der Waals surface area (Å²) >= 11 is 1.11. The molecule has 0 aliphatic heterocycles. The van der Waals surface area contributed by atoms with Gasteiger partial charge >= 0.3 is 0 Å². The van der Waals surface area contributed by atoms with Gasteiger partial charge in [0.2, 0.25) is 0 Å². The monoisotopic (exact) mass is 404 g/mol. The van der Waals surface area contributed by atoms with E-state index in [2.05, 4.69) is 4.98 Å². The minimum Gasteiger partial charge on any atom is -0.308 e. The Kier molecular flexibility index (Phi) is 5.95. The third-order valence-electron chi connectivity index (χ3n) is 4.58. The first kappa shape index (κ1) is 20.5. The lowest BCUT2D eigenvalue weighted by Crippen LogP contribution is -2.25. The van der Waals surface area contributed by atoms with E-state index in [1.54, 1.807) is 24.3 Å². The number of carbonyl (C=O) groups is 1. The second-order valence-corrected chi connectivity index (χ2v) is 7.78. The van der Waals surface area contributed by atoms with Gasteiger partial charge in [-0.2, -0.15) is 5.26 Å². The fourth-order valence-corrected chi connectivity index (χ4v) is 3.92. The van der Waals surface area contributed by atoms with Gasteiger partial charge in [-0.05, 0) is 50.1 Å². The molecular formula is C22H20N4O2S. The molecule has 1 atom stereocenters. The molecule has 0 saturated carbocycles. The van der Waals surface area contributed by atoms with E-state index in [4.69, 9.17) is 10.7 Å². The second kappa shape index (κ2) is 8.41. The fraction of sp³-hybridized carbons (Fsp3) is 0.227. The summed E-state index contributed by atoms with van der Waals surface area (Å²) in [6.07, 6.45) is 0. The van der Waals surface area contributed by atoms with Gasteiger partial charge in [-0.1, -0.05) is 36.0 Å². The maximum absolute atomic E-state index is 13.3. The molecule has 0 unspecified atom stereocenters. The van der Waals surface area contributed by atoms with Gasteiger partial charge in [0.25, 0.3) is 5.56 Å². The number of Topliss-reactive ketones (excluding diaryl/α,β-unsaturated/α-hetero) is 1. The Morgan fingerprint density at radius 3 is 2.69 bits per heavy atom. The normalized spacial score (nSPS) is 11.8. The standard InChI is InChI=1S/C22H20N4O2S/c1-13-8-9-14(2)19(10-13)26-21(28)16-6-4-5-7-18(16)25-22(26)29-12-20(27)17(11-23)15(3)24/h4-10,17,24H,12H2,1-3H3/t17-/m1/s1. The number of carbonyl (C=O) groups excluding carboxylic acids is 1. The lowest BCUT2D eigenvalue weighted by molar-refractivity contribution is -0.117. The van der Waals surface area contributed by atoms with E-state index in [1.165, 1.54) is 11.5 Å². The molecule has 0 aliphatic rings. The Labute approximate surface area is 172 Å². The van der Waals surface area contributed by atoms with Gasteiger partial charge in [0.15, 0.2) is 10.9 Å². The lowest BCUT2D eigenvalue weighted by atomic mass is 10.0. The van der Waals surface area contributed by atoms with Crippen LogP contribution >= 0.6 is 11.8 Å². The summed E-state index contributed by atoms with van der Waals surface area (Å²) in [5.41, 5.74) is 2.98. The Morgan fingerprint density at radius 2 is 2.00 bits per heavy atom. The maximum atomic E-state index is 13.3. The zero-order valence-electron chi connectivity index (χ0n) is 16.4. The zero-order chi connectivity index (χ0) is 21.1. The summed E-state index contributed by atoms with van der Waals surface area (Å²) < 4.78 is 1.53. The largest absolute Gasteiger partial charge is 0.308 e. The van der Waals surface area contributed by atoms with Crippen LogP contribution in [0.3, 0.4) is 0 Å². The summed E-state index contributed by atoms with van der Waals surface area (Å²) in [5, 5.41) is 17.6. The number of para-hydroxylation sites is 1. The average molecular weight is 404 g/mol. The first-order chi connectivity index (χ1) is 13.8. The van der Waals surface area contributed by atoms with Gasteiger partial charge in [-0.15, -0.1) is 0 Å². The number of ketones is 1. The van der Waals surface area contributed by atoms with Gasteiger partial charge in [0, 0.05) is 5.71 Å². The van der Waals surface area contributed by atoms with Crippen LogP contribution in [0.15, 0.2) is 52.4 Å². The lowest BCUT2D eigenvalue weighted by Gasteiger charge is -2.16. The van der Waals surface area contributed by atoms with Crippen LogP contribution in [0.2, 0.25) is 0 Å². The predicted octanol–water partition coefficient (Wildman–Crippen LogP) is 3.84. The number of nitrogens with one attached hydrogen (secondary N) is 1. The third kappa shape index (κ3) is 4.13. The van der Waals surface area contributed by atoms with Crippen molar-refractivity contribution < 1.29 is 4.79 Å². The van der Waals surface area contributed by atoms with Gasteiger partial charge < -0.3 is 5.41 Å². The molecule has 3 aromatic rings. The molecule has 6 nitrogen and oxygen atoms in total. The van der Waals surface area contributed by atoms with Gasteiger partial charge in [-0.3, -0.25) is 14.2 Å². The van der Waals surface area contributed by atoms with Crippen LogP contribution in [0.4, 0.5) is 0 Å². The van der Waals surface area contributed by atoms with Crippen LogP contribution < -0.4 is 5.56 Å². The Balaban J connectivity index is 2.14.